The average Bonchev–Trinajstić information content (AvgIpc) is 2.37. The smallest absolute Gasteiger partial charge is 0.306 e. The number of aliphatic hydroxyl groups is 1. The molecule has 1 saturated carbocycles. The lowest BCUT2D eigenvalue weighted by Gasteiger charge is -2.34. The van der Waals surface area contributed by atoms with Crippen molar-refractivity contribution in [1.82, 2.24) is 0 Å². The number of hydrogen-bond donors (Lipinski definition) is 2. The summed E-state index contributed by atoms with van der Waals surface area (Å²) in [5, 5.41) is 19.4. The van der Waals surface area contributed by atoms with E-state index in [0.29, 0.717) is 31.4 Å². The molecule has 1 aliphatic rings. The van der Waals surface area contributed by atoms with E-state index in [1.54, 1.807) is 11.8 Å². The van der Waals surface area contributed by atoms with E-state index in [2.05, 4.69) is 15.9 Å². The largest absolute Gasteiger partial charge is 0.481 e. The van der Waals surface area contributed by atoms with Crippen molar-refractivity contribution in [3.8, 4) is 0 Å². The van der Waals surface area contributed by atoms with Gasteiger partial charge in [-0.3, -0.25) is 4.79 Å². The molecule has 1 aliphatic carbocycles. The van der Waals surface area contributed by atoms with Gasteiger partial charge >= 0.3 is 5.97 Å². The normalized spacial score (nSPS) is 27.2. The molecule has 2 N–H and O–H groups in total. The van der Waals surface area contributed by atoms with Crippen LogP contribution in [0, 0.1) is 5.92 Å². The molecule has 1 aromatic rings. The number of carboxylic acids is 1. The van der Waals surface area contributed by atoms with Gasteiger partial charge in [0.05, 0.1) is 11.5 Å². The van der Waals surface area contributed by atoms with E-state index >= 15 is 0 Å². The summed E-state index contributed by atoms with van der Waals surface area (Å²) in [6, 6.07) is 7.98. The van der Waals surface area contributed by atoms with Crippen molar-refractivity contribution in [2.75, 3.05) is 5.75 Å². The highest BCUT2D eigenvalue weighted by atomic mass is 79.9. The van der Waals surface area contributed by atoms with Crippen LogP contribution in [0.5, 0.6) is 0 Å². The van der Waals surface area contributed by atoms with Crippen LogP contribution in [0.15, 0.2) is 33.6 Å². The van der Waals surface area contributed by atoms with Gasteiger partial charge in [-0.05, 0) is 43.9 Å². The quantitative estimate of drug-likeness (QED) is 0.820. The van der Waals surface area contributed by atoms with Gasteiger partial charge in [-0.2, -0.15) is 0 Å². The van der Waals surface area contributed by atoms with Crippen LogP contribution in [0.2, 0.25) is 0 Å². The van der Waals surface area contributed by atoms with Gasteiger partial charge in [-0.1, -0.05) is 22.0 Å². The molecule has 104 valence electrons. The van der Waals surface area contributed by atoms with E-state index in [4.69, 9.17) is 5.11 Å². The molecular weight excluding hydrogens is 328 g/mol. The van der Waals surface area contributed by atoms with Crippen LogP contribution in [0.4, 0.5) is 0 Å². The molecule has 0 unspecified atom stereocenters. The second kappa shape index (κ2) is 6.29. The highest BCUT2D eigenvalue weighted by Crippen LogP contribution is 2.36. The predicted molar refractivity (Wildman–Crippen MR) is 79.4 cm³/mol. The van der Waals surface area contributed by atoms with E-state index in [1.165, 1.54) is 0 Å². The zero-order valence-electron chi connectivity index (χ0n) is 10.5. The Bertz CT molecular complexity index is 456. The number of thioether (sulfide) groups is 1. The summed E-state index contributed by atoms with van der Waals surface area (Å²) in [6.45, 7) is 0. The number of benzene rings is 1. The number of carboxylic acid groups (broad SMARTS) is 1. The van der Waals surface area contributed by atoms with Gasteiger partial charge in [0.25, 0.3) is 0 Å². The summed E-state index contributed by atoms with van der Waals surface area (Å²) in [6.07, 6.45) is 2.30. The second-order valence-electron chi connectivity index (χ2n) is 5.08. The van der Waals surface area contributed by atoms with Crippen LogP contribution in [0.3, 0.4) is 0 Å². The topological polar surface area (TPSA) is 57.5 Å². The van der Waals surface area contributed by atoms with Crippen LogP contribution in [0.1, 0.15) is 25.7 Å². The van der Waals surface area contributed by atoms with Crippen molar-refractivity contribution in [3.63, 3.8) is 0 Å². The minimum atomic E-state index is -0.735. The maximum Gasteiger partial charge on any atom is 0.306 e. The molecule has 0 aromatic heterocycles. The molecular formula is C14H17BrO3S. The van der Waals surface area contributed by atoms with Gasteiger partial charge in [0.15, 0.2) is 0 Å². The first-order chi connectivity index (χ1) is 8.98. The summed E-state index contributed by atoms with van der Waals surface area (Å²) in [5.41, 5.74) is -0.723. The molecule has 2 rings (SSSR count). The van der Waals surface area contributed by atoms with Crippen molar-refractivity contribution in [2.24, 2.45) is 5.92 Å². The van der Waals surface area contributed by atoms with Crippen LogP contribution in [0.25, 0.3) is 0 Å². The standard InChI is InChI=1S/C14H17BrO3S/c15-11-2-1-3-12(8-11)19-9-14(18)6-4-10(5-7-14)13(16)17/h1-3,8,10,18H,4-7,9H2,(H,16,17). The lowest BCUT2D eigenvalue weighted by molar-refractivity contribution is -0.144. The Labute approximate surface area is 125 Å². The molecule has 0 radical (unpaired) electrons. The molecule has 1 fully saturated rings. The second-order valence-corrected chi connectivity index (χ2v) is 7.05. The van der Waals surface area contributed by atoms with Gasteiger partial charge in [-0.15, -0.1) is 11.8 Å². The Balaban J connectivity index is 1.88. The number of rotatable bonds is 4. The maximum atomic E-state index is 10.9. The van der Waals surface area contributed by atoms with Crippen LogP contribution < -0.4 is 0 Å². The zero-order chi connectivity index (χ0) is 13.9. The molecule has 0 aliphatic heterocycles. The van der Waals surface area contributed by atoms with Gasteiger partial charge in [0.2, 0.25) is 0 Å². The van der Waals surface area contributed by atoms with E-state index in [1.807, 2.05) is 24.3 Å². The van der Waals surface area contributed by atoms with Crippen LogP contribution >= 0.6 is 27.7 Å². The lowest BCUT2D eigenvalue weighted by atomic mass is 9.80. The molecule has 0 saturated heterocycles. The van der Waals surface area contributed by atoms with Crippen molar-refractivity contribution in [2.45, 2.75) is 36.2 Å². The highest BCUT2D eigenvalue weighted by molar-refractivity contribution is 9.10. The summed E-state index contributed by atoms with van der Waals surface area (Å²) < 4.78 is 1.03. The van der Waals surface area contributed by atoms with Gasteiger partial charge < -0.3 is 10.2 Å². The fourth-order valence-corrected chi connectivity index (χ4v) is 3.98. The minimum absolute atomic E-state index is 0.281. The Kier molecular flexibility index (Phi) is 4.92. The van der Waals surface area contributed by atoms with Gasteiger partial charge in [0.1, 0.15) is 0 Å². The molecule has 0 spiro atoms. The number of carbonyl (C=O) groups is 1. The SMILES string of the molecule is O=C(O)C1CCC(O)(CSc2cccc(Br)c2)CC1. The Morgan fingerprint density at radius 3 is 2.68 bits per heavy atom. The van der Waals surface area contributed by atoms with E-state index in [9.17, 15) is 9.90 Å². The lowest BCUT2D eigenvalue weighted by Crippen LogP contribution is -2.38. The van der Waals surface area contributed by atoms with E-state index in [0.717, 1.165) is 9.37 Å². The fraction of sp³-hybridized carbons (Fsp3) is 0.500. The third kappa shape index (κ3) is 4.23. The maximum absolute atomic E-state index is 10.9. The molecule has 19 heavy (non-hydrogen) atoms. The molecule has 0 amide bonds. The van der Waals surface area contributed by atoms with Gasteiger partial charge in [-0.25, -0.2) is 0 Å². The molecule has 0 atom stereocenters. The Morgan fingerprint density at radius 2 is 2.11 bits per heavy atom. The van der Waals surface area contributed by atoms with E-state index in [-0.39, 0.29) is 5.92 Å². The third-order valence-electron chi connectivity index (χ3n) is 3.57. The monoisotopic (exact) mass is 344 g/mol. The first-order valence-electron chi connectivity index (χ1n) is 6.32. The fourth-order valence-electron chi connectivity index (χ4n) is 2.32. The first kappa shape index (κ1) is 14.9. The number of aliphatic carboxylic acids is 1. The Hall–Kier alpha value is -0.520. The van der Waals surface area contributed by atoms with Crippen molar-refractivity contribution in [1.29, 1.82) is 0 Å². The summed E-state index contributed by atoms with van der Waals surface area (Å²) >= 11 is 5.05. The zero-order valence-corrected chi connectivity index (χ0v) is 12.9. The van der Waals surface area contributed by atoms with Crippen molar-refractivity contribution >= 4 is 33.7 Å². The van der Waals surface area contributed by atoms with Crippen molar-refractivity contribution < 1.29 is 15.0 Å². The molecule has 0 heterocycles. The molecule has 0 bridgehead atoms. The molecule has 3 nitrogen and oxygen atoms in total. The number of halogens is 1. The highest BCUT2D eigenvalue weighted by Gasteiger charge is 2.35. The number of hydrogen-bond acceptors (Lipinski definition) is 3. The summed E-state index contributed by atoms with van der Waals surface area (Å²) in [4.78, 5) is 12.0. The van der Waals surface area contributed by atoms with Gasteiger partial charge in [0, 0.05) is 15.1 Å². The minimum Gasteiger partial charge on any atom is -0.481 e. The van der Waals surface area contributed by atoms with Crippen LogP contribution in [-0.4, -0.2) is 27.5 Å². The molecule has 5 heteroatoms. The van der Waals surface area contributed by atoms with Crippen molar-refractivity contribution in [3.05, 3.63) is 28.7 Å². The summed E-state index contributed by atoms with van der Waals surface area (Å²) in [5.74, 6) is -0.395. The van der Waals surface area contributed by atoms with Crippen LogP contribution in [-0.2, 0) is 4.79 Å². The first-order valence-corrected chi connectivity index (χ1v) is 8.10. The molecule has 1 aromatic carbocycles. The average molecular weight is 345 g/mol. The summed E-state index contributed by atoms with van der Waals surface area (Å²) in [7, 11) is 0. The van der Waals surface area contributed by atoms with E-state index < -0.39 is 11.6 Å². The Morgan fingerprint density at radius 1 is 1.42 bits per heavy atom. The predicted octanol–water partition coefficient (Wildman–Crippen LogP) is 3.55. The third-order valence-corrected chi connectivity index (χ3v) is 5.33.